The summed E-state index contributed by atoms with van der Waals surface area (Å²) in [6, 6.07) is 6.30. The second-order valence-electron chi connectivity index (χ2n) is 5.39. The molecule has 1 aromatic heterocycles. The van der Waals surface area contributed by atoms with Crippen molar-refractivity contribution in [1.29, 1.82) is 0 Å². The van der Waals surface area contributed by atoms with Crippen molar-refractivity contribution >= 4 is 17.0 Å². The van der Waals surface area contributed by atoms with Crippen molar-refractivity contribution in [2.45, 2.75) is 39.0 Å². The minimum atomic E-state index is 0.886. The molecule has 0 unspecified atom stereocenters. The molecule has 0 fully saturated rings. The Balaban J connectivity index is 1.60. The molecule has 0 amide bonds. The molecule has 3 heteroatoms. The number of allylic oxidation sites excluding steroid dienone is 1. The Kier molecular flexibility index (Phi) is 3.53. The Morgan fingerprint density at radius 1 is 1.32 bits per heavy atom. The number of nitrogens with zero attached hydrogens (tertiary/aromatic N) is 1. The molecule has 2 N–H and O–H groups in total. The lowest BCUT2D eigenvalue weighted by Crippen LogP contribution is -2.05. The fourth-order valence-corrected chi connectivity index (χ4v) is 2.68. The number of aromatic amines is 1. The molecular formula is C16H21N3. The van der Waals surface area contributed by atoms with Gasteiger partial charge in [0.05, 0.1) is 11.0 Å². The normalized spacial score (nSPS) is 15.5. The first-order chi connectivity index (χ1) is 9.31. The van der Waals surface area contributed by atoms with Crippen LogP contribution in [-0.2, 0) is 0 Å². The SMILES string of the molecule is Cc1ccc2nc(NCCC3=CCCCC3)[nH]c2c1. The lowest BCUT2D eigenvalue weighted by molar-refractivity contribution is 0.679. The summed E-state index contributed by atoms with van der Waals surface area (Å²) in [7, 11) is 0. The molecule has 3 rings (SSSR count). The maximum absolute atomic E-state index is 4.55. The molecule has 1 aliphatic carbocycles. The smallest absolute Gasteiger partial charge is 0.201 e. The number of anilines is 1. The number of nitrogens with one attached hydrogen (secondary N) is 2. The van der Waals surface area contributed by atoms with Gasteiger partial charge < -0.3 is 10.3 Å². The van der Waals surface area contributed by atoms with E-state index in [1.54, 1.807) is 5.57 Å². The third kappa shape index (κ3) is 2.98. The second kappa shape index (κ2) is 5.47. The zero-order valence-electron chi connectivity index (χ0n) is 11.5. The van der Waals surface area contributed by atoms with Gasteiger partial charge in [0.1, 0.15) is 0 Å². The molecule has 19 heavy (non-hydrogen) atoms. The summed E-state index contributed by atoms with van der Waals surface area (Å²) in [5.41, 5.74) is 5.00. The maximum atomic E-state index is 4.55. The van der Waals surface area contributed by atoms with E-state index in [1.165, 1.54) is 31.2 Å². The van der Waals surface area contributed by atoms with E-state index in [4.69, 9.17) is 0 Å². The van der Waals surface area contributed by atoms with Gasteiger partial charge in [0.2, 0.25) is 5.95 Å². The molecule has 2 aromatic rings. The third-order valence-corrected chi connectivity index (χ3v) is 3.76. The highest BCUT2D eigenvalue weighted by molar-refractivity contribution is 5.78. The van der Waals surface area contributed by atoms with Crippen LogP contribution in [0.5, 0.6) is 0 Å². The Hall–Kier alpha value is -1.77. The lowest BCUT2D eigenvalue weighted by atomic mass is 9.97. The quantitative estimate of drug-likeness (QED) is 0.805. The first kappa shape index (κ1) is 12.3. The summed E-state index contributed by atoms with van der Waals surface area (Å²) in [5, 5.41) is 3.39. The highest BCUT2D eigenvalue weighted by Gasteiger charge is 2.05. The molecule has 0 aliphatic heterocycles. The van der Waals surface area contributed by atoms with E-state index in [9.17, 15) is 0 Å². The van der Waals surface area contributed by atoms with Crippen molar-refractivity contribution in [3.05, 3.63) is 35.4 Å². The van der Waals surface area contributed by atoms with Gasteiger partial charge in [-0.2, -0.15) is 0 Å². The number of aryl methyl sites for hydroxylation is 1. The Morgan fingerprint density at radius 3 is 3.11 bits per heavy atom. The molecule has 0 saturated carbocycles. The zero-order chi connectivity index (χ0) is 13.1. The maximum Gasteiger partial charge on any atom is 0.201 e. The molecule has 1 heterocycles. The van der Waals surface area contributed by atoms with Crippen LogP contribution in [0.1, 0.15) is 37.7 Å². The van der Waals surface area contributed by atoms with Gasteiger partial charge in [-0.15, -0.1) is 0 Å². The van der Waals surface area contributed by atoms with Crippen molar-refractivity contribution in [1.82, 2.24) is 9.97 Å². The van der Waals surface area contributed by atoms with Crippen molar-refractivity contribution in [2.75, 3.05) is 11.9 Å². The molecule has 0 bridgehead atoms. The van der Waals surface area contributed by atoms with E-state index in [-0.39, 0.29) is 0 Å². The zero-order valence-corrected chi connectivity index (χ0v) is 11.5. The number of aromatic nitrogens is 2. The van der Waals surface area contributed by atoms with E-state index in [1.807, 2.05) is 0 Å². The van der Waals surface area contributed by atoms with Crippen LogP contribution in [0.4, 0.5) is 5.95 Å². The van der Waals surface area contributed by atoms with Crippen molar-refractivity contribution in [3.8, 4) is 0 Å². The van der Waals surface area contributed by atoms with Gasteiger partial charge in [0.25, 0.3) is 0 Å². The Bertz CT molecular complexity index is 595. The predicted molar refractivity (Wildman–Crippen MR) is 80.5 cm³/mol. The van der Waals surface area contributed by atoms with Gasteiger partial charge in [-0.05, 0) is 56.7 Å². The molecule has 0 atom stereocenters. The van der Waals surface area contributed by atoms with E-state index >= 15 is 0 Å². The second-order valence-corrected chi connectivity index (χ2v) is 5.39. The number of benzene rings is 1. The third-order valence-electron chi connectivity index (χ3n) is 3.76. The average molecular weight is 255 g/mol. The number of imidazole rings is 1. The predicted octanol–water partition coefficient (Wildman–Crippen LogP) is 4.17. The van der Waals surface area contributed by atoms with Crippen LogP contribution in [0.3, 0.4) is 0 Å². The van der Waals surface area contributed by atoms with Crippen LogP contribution in [0.25, 0.3) is 11.0 Å². The number of rotatable bonds is 4. The standard InChI is InChI=1S/C16H21N3/c1-12-7-8-14-15(11-12)19-16(18-14)17-10-9-13-5-3-2-4-6-13/h5,7-8,11H,2-4,6,9-10H2,1H3,(H2,17,18,19). The van der Waals surface area contributed by atoms with E-state index in [0.717, 1.165) is 29.9 Å². The monoisotopic (exact) mass is 255 g/mol. The lowest BCUT2D eigenvalue weighted by Gasteiger charge is -2.12. The molecule has 0 radical (unpaired) electrons. The van der Waals surface area contributed by atoms with E-state index in [2.05, 4.69) is 46.5 Å². The van der Waals surface area contributed by atoms with Gasteiger partial charge in [-0.1, -0.05) is 17.7 Å². The van der Waals surface area contributed by atoms with Crippen LogP contribution in [-0.4, -0.2) is 16.5 Å². The van der Waals surface area contributed by atoms with Crippen LogP contribution in [0, 0.1) is 6.92 Å². The fourth-order valence-electron chi connectivity index (χ4n) is 2.68. The first-order valence-corrected chi connectivity index (χ1v) is 7.19. The van der Waals surface area contributed by atoms with Gasteiger partial charge in [-0.25, -0.2) is 4.98 Å². The Labute approximate surface area is 114 Å². The summed E-state index contributed by atoms with van der Waals surface area (Å²) in [6.07, 6.45) is 8.80. The van der Waals surface area contributed by atoms with Gasteiger partial charge >= 0.3 is 0 Å². The van der Waals surface area contributed by atoms with Crippen molar-refractivity contribution < 1.29 is 0 Å². The number of H-pyrrole nitrogens is 1. The highest BCUT2D eigenvalue weighted by Crippen LogP contribution is 2.20. The molecule has 0 saturated heterocycles. The molecule has 0 spiro atoms. The molecule has 100 valence electrons. The summed E-state index contributed by atoms with van der Waals surface area (Å²) in [4.78, 5) is 7.88. The van der Waals surface area contributed by atoms with Gasteiger partial charge in [-0.3, -0.25) is 0 Å². The summed E-state index contributed by atoms with van der Waals surface area (Å²) >= 11 is 0. The van der Waals surface area contributed by atoms with Crippen molar-refractivity contribution in [2.24, 2.45) is 0 Å². The highest BCUT2D eigenvalue weighted by atomic mass is 15.1. The summed E-state index contributed by atoms with van der Waals surface area (Å²) in [5.74, 6) is 0.886. The molecule has 1 aromatic carbocycles. The average Bonchev–Trinajstić information content (AvgIpc) is 2.82. The number of fused-ring (bicyclic) bond motifs is 1. The summed E-state index contributed by atoms with van der Waals surface area (Å²) < 4.78 is 0. The van der Waals surface area contributed by atoms with Gasteiger partial charge in [0, 0.05) is 6.54 Å². The van der Waals surface area contributed by atoms with Crippen LogP contribution in [0.2, 0.25) is 0 Å². The van der Waals surface area contributed by atoms with E-state index < -0.39 is 0 Å². The number of hydrogen-bond donors (Lipinski definition) is 2. The Morgan fingerprint density at radius 2 is 2.26 bits per heavy atom. The van der Waals surface area contributed by atoms with Crippen LogP contribution < -0.4 is 5.32 Å². The van der Waals surface area contributed by atoms with Crippen molar-refractivity contribution in [3.63, 3.8) is 0 Å². The molecule has 1 aliphatic rings. The first-order valence-electron chi connectivity index (χ1n) is 7.19. The topological polar surface area (TPSA) is 40.7 Å². The minimum absolute atomic E-state index is 0.886. The summed E-state index contributed by atoms with van der Waals surface area (Å²) in [6.45, 7) is 3.06. The number of hydrogen-bond acceptors (Lipinski definition) is 2. The minimum Gasteiger partial charge on any atom is -0.355 e. The molecule has 3 nitrogen and oxygen atoms in total. The van der Waals surface area contributed by atoms with Crippen LogP contribution >= 0.6 is 0 Å². The van der Waals surface area contributed by atoms with Gasteiger partial charge in [0.15, 0.2) is 0 Å². The van der Waals surface area contributed by atoms with E-state index in [0.29, 0.717) is 0 Å². The fraction of sp³-hybridized carbons (Fsp3) is 0.438. The molecular weight excluding hydrogens is 234 g/mol. The van der Waals surface area contributed by atoms with Crippen LogP contribution in [0.15, 0.2) is 29.8 Å². The largest absolute Gasteiger partial charge is 0.355 e.